The van der Waals surface area contributed by atoms with Gasteiger partial charge >= 0.3 is 0 Å². The highest BCUT2D eigenvalue weighted by Crippen LogP contribution is 2.40. The van der Waals surface area contributed by atoms with Crippen LogP contribution >= 0.6 is 0 Å². The molecule has 0 unspecified atom stereocenters. The van der Waals surface area contributed by atoms with Crippen molar-refractivity contribution < 1.29 is 26.3 Å². The van der Waals surface area contributed by atoms with Gasteiger partial charge in [0, 0.05) is 16.7 Å². The number of benzene rings is 3. The monoisotopic (exact) mass is 540 g/mol. The molecule has 0 fully saturated rings. The fourth-order valence-electron chi connectivity index (χ4n) is 3.97. The molecule has 0 aliphatic heterocycles. The number of rotatable bonds is 3. The van der Waals surface area contributed by atoms with Crippen LogP contribution < -0.4 is 0 Å². The van der Waals surface area contributed by atoms with Gasteiger partial charge < -0.3 is 0 Å². The number of aromatic nitrogens is 1. The topological polar surface area (TPSA) is 132 Å². The zero-order valence-corrected chi connectivity index (χ0v) is 19.4. The summed E-state index contributed by atoms with van der Waals surface area (Å²) < 4.78 is 87.3. The Bertz CT molecular complexity index is 1810. The Morgan fingerprint density at radius 3 is 0.900 bits per heavy atom. The molecule has 6 nitrogen and oxygen atoms in total. The number of pyridine rings is 1. The van der Waals surface area contributed by atoms with Crippen molar-refractivity contribution in [3.8, 4) is 64.0 Å². The van der Waals surface area contributed by atoms with Crippen LogP contribution in [0, 0.1) is 91.6 Å². The van der Waals surface area contributed by atoms with Crippen molar-refractivity contribution in [3.05, 3.63) is 99.1 Å². The predicted octanol–water partition coefficient (Wildman–Crippen LogP) is 6.28. The maximum absolute atomic E-state index is 14.6. The molecule has 4 aromatic rings. The Morgan fingerprint density at radius 1 is 0.400 bits per heavy atom. The predicted molar refractivity (Wildman–Crippen MR) is 124 cm³/mol. The number of halogens is 6. The van der Waals surface area contributed by atoms with Crippen LogP contribution in [0.25, 0.3) is 33.6 Å². The fraction of sp³-hybridized carbons (Fsp3) is 0. The maximum Gasteiger partial charge on any atom is 0.144 e. The average Bonchev–Trinajstić information content (AvgIpc) is 2.91. The molecule has 0 saturated heterocycles. The molecule has 0 radical (unpaired) electrons. The van der Waals surface area contributed by atoms with Crippen LogP contribution in [0.1, 0.15) is 27.8 Å². The first kappa shape index (κ1) is 26.9. The van der Waals surface area contributed by atoms with E-state index in [1.54, 1.807) is 12.1 Å². The van der Waals surface area contributed by atoms with Gasteiger partial charge in [-0.05, 0) is 42.0 Å². The van der Waals surface area contributed by atoms with E-state index in [0.29, 0.717) is 36.4 Å². The van der Waals surface area contributed by atoms with Crippen molar-refractivity contribution in [2.45, 2.75) is 0 Å². The van der Waals surface area contributed by atoms with Crippen LogP contribution in [0.2, 0.25) is 0 Å². The molecule has 190 valence electrons. The molecule has 0 atom stereocenters. The summed E-state index contributed by atoms with van der Waals surface area (Å²) in [6, 6.07) is 11.0. The minimum absolute atomic E-state index is 0.471. The second-order valence-electron chi connectivity index (χ2n) is 7.94. The van der Waals surface area contributed by atoms with Crippen LogP contribution in [-0.4, -0.2) is 4.98 Å². The molecule has 0 aliphatic rings. The van der Waals surface area contributed by atoms with Crippen molar-refractivity contribution in [1.29, 1.82) is 26.3 Å². The summed E-state index contributed by atoms with van der Waals surface area (Å²) >= 11 is 0. The van der Waals surface area contributed by atoms with Gasteiger partial charge in [-0.1, -0.05) is 0 Å². The zero-order chi connectivity index (χ0) is 29.3. The Hall–Kier alpha value is -6.16. The van der Waals surface area contributed by atoms with E-state index in [9.17, 15) is 36.9 Å². The van der Waals surface area contributed by atoms with E-state index >= 15 is 0 Å². The first-order valence-electron chi connectivity index (χ1n) is 10.7. The zero-order valence-electron chi connectivity index (χ0n) is 19.4. The van der Waals surface area contributed by atoms with Gasteiger partial charge in [-0.2, -0.15) is 26.3 Å². The van der Waals surface area contributed by atoms with Crippen molar-refractivity contribution in [3.63, 3.8) is 0 Å². The highest BCUT2D eigenvalue weighted by Gasteiger charge is 2.27. The fourth-order valence-corrected chi connectivity index (χ4v) is 3.97. The Morgan fingerprint density at radius 2 is 0.650 bits per heavy atom. The third-order valence-electron chi connectivity index (χ3n) is 5.72. The molecule has 0 bridgehead atoms. The summed E-state index contributed by atoms with van der Waals surface area (Å²) in [4.78, 5) is 4.08. The van der Waals surface area contributed by atoms with Gasteiger partial charge in [0.25, 0.3) is 0 Å². The van der Waals surface area contributed by atoms with Gasteiger partial charge in [-0.15, -0.1) is 0 Å². The van der Waals surface area contributed by atoms with Crippen molar-refractivity contribution in [2.75, 3.05) is 0 Å². The lowest BCUT2D eigenvalue weighted by Gasteiger charge is -2.17. The standard InChI is InChI=1S/C28H6F6N6/c29-20-1-12(2-21(30)15(20)7-35)26-18(10-38)27(13-3-22(31)16(8-36)23(32)4-13)40-28(19(26)11-39)14-5-24(33)17(9-37)25(34)6-14/h1-6H. The summed E-state index contributed by atoms with van der Waals surface area (Å²) in [5.74, 6) is -8.20. The summed E-state index contributed by atoms with van der Waals surface area (Å²) in [5, 5.41) is 47.0. The second kappa shape index (κ2) is 10.3. The van der Waals surface area contributed by atoms with Crippen LogP contribution in [0.3, 0.4) is 0 Å². The van der Waals surface area contributed by atoms with E-state index in [1.165, 1.54) is 18.2 Å². The molecule has 0 saturated carbocycles. The van der Waals surface area contributed by atoms with E-state index in [2.05, 4.69) is 4.98 Å². The molecule has 0 N–H and O–H groups in total. The maximum atomic E-state index is 14.6. The molecule has 1 heterocycles. The van der Waals surface area contributed by atoms with Gasteiger partial charge in [0.1, 0.15) is 81.9 Å². The molecule has 3 aromatic carbocycles. The highest BCUT2D eigenvalue weighted by atomic mass is 19.2. The average molecular weight is 540 g/mol. The van der Waals surface area contributed by atoms with Gasteiger partial charge in [0.15, 0.2) is 0 Å². The summed E-state index contributed by atoms with van der Waals surface area (Å²) in [5.41, 5.74) is -7.30. The molecule has 12 heteroatoms. The lowest BCUT2D eigenvalue weighted by atomic mass is 9.88. The lowest BCUT2D eigenvalue weighted by Crippen LogP contribution is -2.05. The van der Waals surface area contributed by atoms with Crippen molar-refractivity contribution in [2.24, 2.45) is 0 Å². The smallest absolute Gasteiger partial charge is 0.144 e. The van der Waals surface area contributed by atoms with E-state index in [0.717, 1.165) is 0 Å². The van der Waals surface area contributed by atoms with Gasteiger partial charge in [-0.3, -0.25) is 0 Å². The van der Waals surface area contributed by atoms with Crippen molar-refractivity contribution in [1.82, 2.24) is 4.98 Å². The number of hydrogen-bond acceptors (Lipinski definition) is 6. The van der Waals surface area contributed by atoms with Crippen molar-refractivity contribution >= 4 is 0 Å². The van der Waals surface area contributed by atoms with E-state index in [4.69, 9.17) is 15.8 Å². The number of nitrogens with zero attached hydrogens (tertiary/aromatic N) is 6. The Balaban J connectivity index is 2.23. The number of nitriles is 5. The summed E-state index contributed by atoms with van der Waals surface area (Å²) in [6.07, 6.45) is 0. The van der Waals surface area contributed by atoms with Crippen LogP contribution in [0.5, 0.6) is 0 Å². The summed E-state index contributed by atoms with van der Waals surface area (Å²) in [6.45, 7) is 0. The molecule has 0 amide bonds. The molecule has 1 aromatic heterocycles. The highest BCUT2D eigenvalue weighted by molar-refractivity contribution is 5.89. The molecular weight excluding hydrogens is 534 g/mol. The van der Waals surface area contributed by atoms with Gasteiger partial charge in [0.2, 0.25) is 0 Å². The van der Waals surface area contributed by atoms with E-state index < -0.39 is 96.4 Å². The molecule has 40 heavy (non-hydrogen) atoms. The van der Waals surface area contributed by atoms with Crippen LogP contribution in [0.15, 0.2) is 36.4 Å². The van der Waals surface area contributed by atoms with Crippen LogP contribution in [0.4, 0.5) is 26.3 Å². The Kier molecular flexibility index (Phi) is 6.93. The minimum Gasteiger partial charge on any atom is -0.245 e. The normalized spacial score (nSPS) is 10.1. The van der Waals surface area contributed by atoms with E-state index in [-0.39, 0.29) is 0 Å². The second-order valence-corrected chi connectivity index (χ2v) is 7.94. The minimum atomic E-state index is -1.38. The third-order valence-corrected chi connectivity index (χ3v) is 5.72. The summed E-state index contributed by atoms with van der Waals surface area (Å²) in [7, 11) is 0. The first-order chi connectivity index (χ1) is 19.1. The SMILES string of the molecule is N#Cc1c(F)cc(-c2nc(-c3cc(F)c(C#N)c(F)c3)c(C#N)c(-c3cc(F)c(C#N)c(F)c3)c2C#N)cc1F. The Labute approximate surface area is 221 Å². The van der Waals surface area contributed by atoms with Crippen LogP contribution in [-0.2, 0) is 0 Å². The lowest BCUT2D eigenvalue weighted by molar-refractivity contribution is 0.577. The molecule has 0 spiro atoms. The molecule has 4 rings (SSSR count). The largest absolute Gasteiger partial charge is 0.245 e. The quantitative estimate of drug-likeness (QED) is 0.281. The first-order valence-corrected chi connectivity index (χ1v) is 10.7. The molecular formula is C28H6F6N6. The van der Waals surface area contributed by atoms with E-state index in [1.807, 2.05) is 0 Å². The number of hydrogen-bond donors (Lipinski definition) is 0. The van der Waals surface area contributed by atoms with Gasteiger partial charge in [-0.25, -0.2) is 31.3 Å². The molecule has 0 aliphatic carbocycles. The van der Waals surface area contributed by atoms with Gasteiger partial charge in [0.05, 0.1) is 22.5 Å². The third kappa shape index (κ3) is 4.31.